The van der Waals surface area contributed by atoms with Crippen LogP contribution in [0.4, 0.5) is 5.69 Å². The van der Waals surface area contributed by atoms with Crippen molar-refractivity contribution in [2.45, 2.75) is 13.3 Å². The first-order valence-electron chi connectivity index (χ1n) is 10.4. The Balaban J connectivity index is 1.55. The van der Waals surface area contributed by atoms with Crippen LogP contribution in [0.2, 0.25) is 0 Å². The van der Waals surface area contributed by atoms with Gasteiger partial charge in [-0.15, -0.1) is 0 Å². The van der Waals surface area contributed by atoms with Crippen molar-refractivity contribution in [1.82, 2.24) is 9.88 Å². The summed E-state index contributed by atoms with van der Waals surface area (Å²) in [7, 11) is 1.68. The van der Waals surface area contributed by atoms with Crippen LogP contribution in [0, 0.1) is 6.92 Å². The first-order chi connectivity index (χ1) is 16.3. The molecule has 1 amide bonds. The van der Waals surface area contributed by atoms with Crippen LogP contribution < -0.4 is 15.1 Å². The van der Waals surface area contributed by atoms with E-state index in [1.54, 1.807) is 32.4 Å². The largest absolute Gasteiger partial charge is 0.431 e. The summed E-state index contributed by atoms with van der Waals surface area (Å²) in [5.41, 5.74) is 2.84. The van der Waals surface area contributed by atoms with Gasteiger partial charge in [0, 0.05) is 54.8 Å². The molecule has 176 valence electrons. The number of aromatic nitrogens is 1. The summed E-state index contributed by atoms with van der Waals surface area (Å²) in [4.78, 5) is 30.1. The van der Waals surface area contributed by atoms with Gasteiger partial charge in [-0.2, -0.15) is 0 Å². The number of aryl methyl sites for hydroxylation is 1. The fourth-order valence-corrected chi connectivity index (χ4v) is 4.81. The van der Waals surface area contributed by atoms with Gasteiger partial charge in [0.25, 0.3) is 5.19 Å². The van der Waals surface area contributed by atoms with Crippen LogP contribution in [0.5, 0.6) is 10.9 Å². The molecule has 0 aliphatic heterocycles. The van der Waals surface area contributed by atoms with Crippen molar-refractivity contribution < 1.29 is 18.2 Å². The SMILES string of the molecule is Cc1c(Cc2cccc(NS(=O)CC(=O)N(C)C)c2)c(=O)oc2cc(Oc3nccs3)ccc12. The predicted octanol–water partition coefficient (Wildman–Crippen LogP) is 4.10. The summed E-state index contributed by atoms with van der Waals surface area (Å²) in [5.74, 6) is 0.183. The highest BCUT2D eigenvalue weighted by Gasteiger charge is 2.14. The molecule has 0 saturated carbocycles. The van der Waals surface area contributed by atoms with Gasteiger partial charge in [-0.1, -0.05) is 23.5 Å². The van der Waals surface area contributed by atoms with E-state index in [4.69, 9.17) is 9.15 Å². The highest BCUT2D eigenvalue weighted by molar-refractivity contribution is 7.87. The number of anilines is 1. The fraction of sp³-hybridized carbons (Fsp3) is 0.208. The molecule has 2 aromatic carbocycles. The third-order valence-corrected chi connectivity index (χ3v) is 6.79. The Bertz CT molecular complexity index is 1410. The molecule has 0 aliphatic carbocycles. The van der Waals surface area contributed by atoms with E-state index in [0.29, 0.717) is 34.2 Å². The van der Waals surface area contributed by atoms with Crippen LogP contribution >= 0.6 is 11.3 Å². The third-order valence-electron chi connectivity index (χ3n) is 5.17. The molecular weight excluding hydrogens is 474 g/mol. The maximum atomic E-state index is 12.8. The van der Waals surface area contributed by atoms with Gasteiger partial charge in [-0.25, -0.2) is 14.0 Å². The molecule has 4 rings (SSSR count). The Morgan fingerprint density at radius 2 is 2.06 bits per heavy atom. The highest BCUT2D eigenvalue weighted by Crippen LogP contribution is 2.29. The van der Waals surface area contributed by atoms with Gasteiger partial charge in [0.1, 0.15) is 28.1 Å². The smallest absolute Gasteiger partial charge is 0.340 e. The molecule has 0 saturated heterocycles. The van der Waals surface area contributed by atoms with Crippen LogP contribution in [-0.4, -0.2) is 39.8 Å². The van der Waals surface area contributed by atoms with Gasteiger partial charge in [0.05, 0.1) is 0 Å². The summed E-state index contributed by atoms with van der Waals surface area (Å²) in [6.45, 7) is 1.89. The van der Waals surface area contributed by atoms with Gasteiger partial charge in [0.15, 0.2) is 0 Å². The second-order valence-corrected chi connectivity index (χ2v) is 9.85. The number of carbonyl (C=O) groups excluding carboxylic acids is 1. The topological polar surface area (TPSA) is 102 Å². The second-order valence-electron chi connectivity index (χ2n) is 7.81. The number of thiazole rings is 1. The zero-order chi connectivity index (χ0) is 24.2. The van der Waals surface area contributed by atoms with E-state index in [0.717, 1.165) is 16.5 Å². The molecule has 2 aromatic heterocycles. The standard InChI is InChI=1S/C24H23N3O5S2/c1-15-19-8-7-18(31-24-25-9-10-33-24)13-21(19)32-23(29)20(15)12-16-5-4-6-17(11-16)26-34(30)14-22(28)27(2)3/h4-11,13,26H,12,14H2,1-3H3. The summed E-state index contributed by atoms with van der Waals surface area (Å²) in [6, 6.07) is 12.6. The molecule has 2 heterocycles. The molecular formula is C24H23N3O5S2. The molecule has 10 heteroatoms. The van der Waals surface area contributed by atoms with Crippen molar-refractivity contribution in [3.8, 4) is 10.9 Å². The number of hydrogen-bond donors (Lipinski definition) is 1. The van der Waals surface area contributed by atoms with E-state index in [-0.39, 0.29) is 11.7 Å². The van der Waals surface area contributed by atoms with E-state index < -0.39 is 16.6 Å². The van der Waals surface area contributed by atoms with Gasteiger partial charge < -0.3 is 18.8 Å². The fourth-order valence-electron chi connectivity index (χ4n) is 3.36. The maximum Gasteiger partial charge on any atom is 0.340 e. The Morgan fingerprint density at radius 3 is 2.79 bits per heavy atom. The Hall–Kier alpha value is -3.50. The summed E-state index contributed by atoms with van der Waals surface area (Å²) < 4.78 is 26.4. The second kappa shape index (κ2) is 10.2. The number of rotatable bonds is 8. The quantitative estimate of drug-likeness (QED) is 0.368. The van der Waals surface area contributed by atoms with Crippen LogP contribution in [0.25, 0.3) is 11.0 Å². The predicted molar refractivity (Wildman–Crippen MR) is 134 cm³/mol. The third kappa shape index (κ3) is 5.52. The molecule has 1 N–H and O–H groups in total. The summed E-state index contributed by atoms with van der Waals surface area (Å²) >= 11 is 1.37. The average Bonchev–Trinajstić information content (AvgIpc) is 3.29. The molecule has 0 fully saturated rings. The monoisotopic (exact) mass is 497 g/mol. The van der Waals surface area contributed by atoms with Crippen molar-refractivity contribution in [1.29, 1.82) is 0 Å². The van der Waals surface area contributed by atoms with Crippen molar-refractivity contribution in [2.24, 2.45) is 0 Å². The number of nitrogens with zero attached hydrogens (tertiary/aromatic N) is 2. The lowest BCUT2D eigenvalue weighted by Crippen LogP contribution is -2.28. The lowest BCUT2D eigenvalue weighted by molar-refractivity contribution is -0.125. The van der Waals surface area contributed by atoms with Crippen LogP contribution in [0.1, 0.15) is 16.7 Å². The number of nitrogens with one attached hydrogen (secondary N) is 1. The van der Waals surface area contributed by atoms with Crippen LogP contribution in [0.3, 0.4) is 0 Å². The molecule has 0 bridgehead atoms. The Labute approximate surface area is 202 Å². The minimum atomic E-state index is -1.56. The number of hydrogen-bond acceptors (Lipinski definition) is 7. The number of ether oxygens (including phenoxy) is 1. The number of amides is 1. The van der Waals surface area contributed by atoms with Crippen molar-refractivity contribution in [2.75, 3.05) is 24.6 Å². The van der Waals surface area contributed by atoms with Crippen LogP contribution in [0.15, 0.2) is 63.3 Å². The van der Waals surface area contributed by atoms with Gasteiger partial charge in [-0.3, -0.25) is 4.79 Å². The Kier molecular flexibility index (Phi) is 7.09. The zero-order valence-electron chi connectivity index (χ0n) is 18.9. The van der Waals surface area contributed by atoms with Crippen molar-refractivity contribution in [3.63, 3.8) is 0 Å². The van der Waals surface area contributed by atoms with E-state index >= 15 is 0 Å². The molecule has 0 radical (unpaired) electrons. The number of fused-ring (bicyclic) bond motifs is 1. The summed E-state index contributed by atoms with van der Waals surface area (Å²) in [5, 5.41) is 3.15. The van der Waals surface area contributed by atoms with Crippen molar-refractivity contribution in [3.05, 3.63) is 81.2 Å². The molecule has 0 spiro atoms. The number of benzene rings is 2. The highest BCUT2D eigenvalue weighted by atomic mass is 32.2. The minimum Gasteiger partial charge on any atom is -0.431 e. The molecule has 8 nitrogen and oxygen atoms in total. The summed E-state index contributed by atoms with van der Waals surface area (Å²) in [6.07, 6.45) is 2.00. The Morgan fingerprint density at radius 1 is 1.24 bits per heavy atom. The van der Waals surface area contributed by atoms with E-state index in [1.165, 1.54) is 16.2 Å². The maximum absolute atomic E-state index is 12.8. The van der Waals surface area contributed by atoms with Crippen molar-refractivity contribution >= 4 is 44.9 Å². The molecule has 1 atom stereocenters. The molecule has 4 aromatic rings. The van der Waals surface area contributed by atoms with E-state index in [1.807, 2.05) is 42.6 Å². The average molecular weight is 498 g/mol. The number of carbonyl (C=O) groups is 1. The zero-order valence-corrected chi connectivity index (χ0v) is 20.5. The first kappa shape index (κ1) is 23.7. The van der Waals surface area contributed by atoms with Crippen LogP contribution in [-0.2, 0) is 22.2 Å². The first-order valence-corrected chi connectivity index (χ1v) is 12.6. The molecule has 34 heavy (non-hydrogen) atoms. The molecule has 1 unspecified atom stereocenters. The van der Waals surface area contributed by atoms with Gasteiger partial charge in [0.2, 0.25) is 5.91 Å². The lowest BCUT2D eigenvalue weighted by Gasteiger charge is -2.12. The van der Waals surface area contributed by atoms with Gasteiger partial charge in [-0.05, 0) is 42.3 Å². The lowest BCUT2D eigenvalue weighted by atomic mass is 9.99. The normalized spacial score (nSPS) is 11.9. The van der Waals surface area contributed by atoms with Gasteiger partial charge >= 0.3 is 5.63 Å². The van der Waals surface area contributed by atoms with E-state index in [9.17, 15) is 13.8 Å². The molecule has 0 aliphatic rings. The van der Waals surface area contributed by atoms with E-state index in [2.05, 4.69) is 9.71 Å². The minimum absolute atomic E-state index is 0.126.